The summed E-state index contributed by atoms with van der Waals surface area (Å²) in [5, 5.41) is 0. The Balaban J connectivity index is 2.28. The van der Waals surface area contributed by atoms with E-state index in [9.17, 15) is 4.79 Å². The largest absolute Gasteiger partial charge is 0.339 e. The molecule has 5 heteroatoms. The summed E-state index contributed by atoms with van der Waals surface area (Å²) in [4.78, 5) is 18.3. The Labute approximate surface area is 105 Å². The van der Waals surface area contributed by atoms with Crippen LogP contribution < -0.4 is 5.73 Å². The van der Waals surface area contributed by atoms with Gasteiger partial charge in [0, 0.05) is 32.7 Å². The molecule has 100 valence electrons. The van der Waals surface area contributed by atoms with Gasteiger partial charge in [-0.05, 0) is 26.6 Å². The number of rotatable bonds is 5. The molecule has 1 rings (SSSR count). The van der Waals surface area contributed by atoms with Crippen LogP contribution in [0, 0.1) is 5.92 Å². The summed E-state index contributed by atoms with van der Waals surface area (Å²) in [5.41, 5.74) is 5.58. The lowest BCUT2D eigenvalue weighted by molar-refractivity contribution is -0.133. The number of piperazine rings is 1. The fourth-order valence-corrected chi connectivity index (χ4v) is 2.06. The zero-order valence-corrected chi connectivity index (χ0v) is 11.4. The Morgan fingerprint density at radius 1 is 1.35 bits per heavy atom. The lowest BCUT2D eigenvalue weighted by Gasteiger charge is -2.33. The highest BCUT2D eigenvalue weighted by molar-refractivity contribution is 5.78. The number of carbonyl (C=O) groups excluding carboxylic acids is 1. The average molecular weight is 242 g/mol. The van der Waals surface area contributed by atoms with E-state index in [1.165, 1.54) is 0 Å². The van der Waals surface area contributed by atoms with Crippen molar-refractivity contribution in [1.82, 2.24) is 14.7 Å². The second-order valence-electron chi connectivity index (χ2n) is 5.22. The zero-order valence-electron chi connectivity index (χ0n) is 11.4. The highest BCUT2D eigenvalue weighted by Crippen LogP contribution is 2.02. The molecule has 0 spiro atoms. The molecule has 0 aromatic heterocycles. The Morgan fingerprint density at radius 2 is 1.94 bits per heavy atom. The molecule has 1 aliphatic heterocycles. The van der Waals surface area contributed by atoms with Gasteiger partial charge < -0.3 is 15.5 Å². The summed E-state index contributed by atoms with van der Waals surface area (Å²) in [7, 11) is 4.08. The van der Waals surface area contributed by atoms with Crippen LogP contribution in [-0.4, -0.2) is 80.5 Å². The minimum atomic E-state index is 0.241. The van der Waals surface area contributed by atoms with Gasteiger partial charge in [0.1, 0.15) is 0 Å². The first-order valence-corrected chi connectivity index (χ1v) is 6.38. The Bertz CT molecular complexity index is 239. The fraction of sp³-hybridized carbons (Fsp3) is 0.917. The minimum absolute atomic E-state index is 0.241. The van der Waals surface area contributed by atoms with Gasteiger partial charge in [0.2, 0.25) is 5.91 Å². The van der Waals surface area contributed by atoms with Crippen LogP contribution in [0.25, 0.3) is 0 Å². The number of hydrogen-bond acceptors (Lipinski definition) is 4. The molecule has 0 radical (unpaired) electrons. The Morgan fingerprint density at radius 3 is 2.47 bits per heavy atom. The van der Waals surface area contributed by atoms with Gasteiger partial charge in [-0.2, -0.15) is 0 Å². The molecule has 1 unspecified atom stereocenters. The molecule has 1 amide bonds. The van der Waals surface area contributed by atoms with Gasteiger partial charge in [-0.3, -0.25) is 9.69 Å². The summed E-state index contributed by atoms with van der Waals surface area (Å²) in [6.07, 6.45) is 0. The summed E-state index contributed by atoms with van der Waals surface area (Å²) < 4.78 is 0. The smallest absolute Gasteiger partial charge is 0.236 e. The van der Waals surface area contributed by atoms with E-state index in [4.69, 9.17) is 5.73 Å². The first-order valence-electron chi connectivity index (χ1n) is 6.38. The third-order valence-electron chi connectivity index (χ3n) is 3.29. The number of hydrogen-bond donors (Lipinski definition) is 1. The van der Waals surface area contributed by atoms with Crippen LogP contribution in [-0.2, 0) is 4.79 Å². The second kappa shape index (κ2) is 6.93. The van der Waals surface area contributed by atoms with Gasteiger partial charge in [-0.1, -0.05) is 6.92 Å². The lowest BCUT2D eigenvalue weighted by atomic mass is 10.2. The molecule has 0 bridgehead atoms. The van der Waals surface area contributed by atoms with E-state index < -0.39 is 0 Å². The first kappa shape index (κ1) is 14.4. The molecule has 2 N–H and O–H groups in total. The zero-order chi connectivity index (χ0) is 12.8. The molecular formula is C12H26N4O. The van der Waals surface area contributed by atoms with E-state index in [0.29, 0.717) is 19.0 Å². The van der Waals surface area contributed by atoms with Crippen molar-refractivity contribution in [3.63, 3.8) is 0 Å². The summed E-state index contributed by atoms with van der Waals surface area (Å²) in [6.45, 7) is 7.85. The van der Waals surface area contributed by atoms with Crippen molar-refractivity contribution in [2.75, 3.05) is 59.9 Å². The third-order valence-corrected chi connectivity index (χ3v) is 3.29. The molecule has 1 heterocycles. The highest BCUT2D eigenvalue weighted by atomic mass is 16.2. The molecule has 1 aliphatic rings. The van der Waals surface area contributed by atoms with Crippen LogP contribution in [0.15, 0.2) is 0 Å². The Hall–Kier alpha value is -0.650. The summed E-state index contributed by atoms with van der Waals surface area (Å²) >= 11 is 0. The SMILES string of the molecule is CC(CN)CN(C)CC(=O)N1CCN(C)CC1. The van der Waals surface area contributed by atoms with Crippen LogP contribution in [0.1, 0.15) is 6.92 Å². The molecule has 1 fully saturated rings. The quantitative estimate of drug-likeness (QED) is 0.692. The monoisotopic (exact) mass is 242 g/mol. The number of carbonyl (C=O) groups is 1. The molecule has 0 aliphatic carbocycles. The standard InChI is InChI=1S/C12H26N4O/c1-11(8-13)9-15(3)10-12(17)16-6-4-14(2)5-7-16/h11H,4-10,13H2,1-3H3. The van der Waals surface area contributed by atoms with Crippen molar-refractivity contribution in [1.29, 1.82) is 0 Å². The normalized spacial score (nSPS) is 19.7. The van der Waals surface area contributed by atoms with Crippen LogP contribution in [0.3, 0.4) is 0 Å². The van der Waals surface area contributed by atoms with Gasteiger partial charge >= 0.3 is 0 Å². The number of likely N-dealkylation sites (N-methyl/N-ethyl adjacent to an activating group) is 2. The number of amides is 1. The van der Waals surface area contributed by atoms with E-state index in [1.54, 1.807) is 0 Å². The topological polar surface area (TPSA) is 52.8 Å². The number of nitrogens with zero attached hydrogens (tertiary/aromatic N) is 3. The molecule has 0 aromatic rings. The van der Waals surface area contributed by atoms with Crippen molar-refractivity contribution >= 4 is 5.91 Å². The van der Waals surface area contributed by atoms with Crippen molar-refractivity contribution in [2.45, 2.75) is 6.92 Å². The maximum Gasteiger partial charge on any atom is 0.236 e. The van der Waals surface area contributed by atoms with Crippen LogP contribution in [0.4, 0.5) is 0 Å². The Kier molecular flexibility index (Phi) is 5.88. The molecule has 17 heavy (non-hydrogen) atoms. The number of nitrogens with two attached hydrogens (primary N) is 1. The highest BCUT2D eigenvalue weighted by Gasteiger charge is 2.20. The summed E-state index contributed by atoms with van der Waals surface area (Å²) in [6, 6.07) is 0. The van der Waals surface area contributed by atoms with Crippen molar-refractivity contribution in [2.24, 2.45) is 11.7 Å². The lowest BCUT2D eigenvalue weighted by Crippen LogP contribution is -2.50. The van der Waals surface area contributed by atoms with Crippen molar-refractivity contribution in [3.8, 4) is 0 Å². The van der Waals surface area contributed by atoms with E-state index in [2.05, 4.69) is 23.8 Å². The van der Waals surface area contributed by atoms with E-state index >= 15 is 0 Å². The van der Waals surface area contributed by atoms with Gasteiger partial charge in [0.25, 0.3) is 0 Å². The van der Waals surface area contributed by atoms with Crippen LogP contribution in [0.5, 0.6) is 0 Å². The van der Waals surface area contributed by atoms with Crippen LogP contribution >= 0.6 is 0 Å². The third kappa shape index (κ3) is 5.02. The summed E-state index contributed by atoms with van der Waals surface area (Å²) in [5.74, 6) is 0.685. The molecule has 5 nitrogen and oxygen atoms in total. The molecular weight excluding hydrogens is 216 g/mol. The first-order chi connectivity index (χ1) is 8.02. The van der Waals surface area contributed by atoms with Crippen molar-refractivity contribution < 1.29 is 4.79 Å². The van der Waals surface area contributed by atoms with Gasteiger partial charge in [-0.25, -0.2) is 0 Å². The molecule has 1 atom stereocenters. The predicted molar refractivity (Wildman–Crippen MR) is 69.8 cm³/mol. The molecule has 1 saturated heterocycles. The minimum Gasteiger partial charge on any atom is -0.339 e. The average Bonchev–Trinajstić information content (AvgIpc) is 2.29. The van der Waals surface area contributed by atoms with Crippen LogP contribution in [0.2, 0.25) is 0 Å². The molecule has 0 saturated carbocycles. The second-order valence-corrected chi connectivity index (χ2v) is 5.22. The maximum absolute atomic E-state index is 12.0. The van der Waals surface area contributed by atoms with Gasteiger partial charge in [-0.15, -0.1) is 0 Å². The maximum atomic E-state index is 12.0. The fourth-order valence-electron chi connectivity index (χ4n) is 2.06. The van der Waals surface area contributed by atoms with E-state index in [0.717, 1.165) is 32.7 Å². The van der Waals surface area contributed by atoms with Crippen molar-refractivity contribution in [3.05, 3.63) is 0 Å². The van der Waals surface area contributed by atoms with E-state index in [1.807, 2.05) is 11.9 Å². The predicted octanol–water partition coefficient (Wildman–Crippen LogP) is -0.713. The van der Waals surface area contributed by atoms with Gasteiger partial charge in [0.15, 0.2) is 0 Å². The molecule has 0 aromatic carbocycles. The van der Waals surface area contributed by atoms with E-state index in [-0.39, 0.29) is 5.91 Å². The van der Waals surface area contributed by atoms with Gasteiger partial charge in [0.05, 0.1) is 6.54 Å².